The molecule has 6 nitrogen and oxygen atoms in total. The van der Waals surface area contributed by atoms with E-state index in [1.807, 2.05) is 38.1 Å². The van der Waals surface area contributed by atoms with Crippen molar-refractivity contribution >= 4 is 17.6 Å². The lowest BCUT2D eigenvalue weighted by Crippen LogP contribution is -2.31. The van der Waals surface area contributed by atoms with Crippen LogP contribution in [0.1, 0.15) is 23.6 Å². The Kier molecular flexibility index (Phi) is 6.34. The summed E-state index contributed by atoms with van der Waals surface area (Å²) in [5, 5.41) is 11.4. The first kappa shape index (κ1) is 19.0. The third-order valence-electron chi connectivity index (χ3n) is 3.65. The molecule has 0 heterocycles. The molecule has 0 aliphatic rings. The van der Waals surface area contributed by atoms with Crippen LogP contribution in [0.2, 0.25) is 0 Å². The molecule has 0 bridgehead atoms. The fourth-order valence-electron chi connectivity index (χ4n) is 2.16. The maximum absolute atomic E-state index is 12.1. The number of ether oxygens (including phenoxy) is 2. The molecule has 0 aliphatic carbocycles. The van der Waals surface area contributed by atoms with E-state index in [1.165, 1.54) is 6.92 Å². The maximum Gasteiger partial charge on any atom is 0.344 e. The van der Waals surface area contributed by atoms with Gasteiger partial charge in [-0.2, -0.15) is 5.26 Å². The number of carbonyl (C=O) groups excluding carboxylic acids is 2. The van der Waals surface area contributed by atoms with Crippen LogP contribution in [0, 0.1) is 25.2 Å². The number of hydrogen-bond donors (Lipinski definition) is 1. The molecule has 0 aromatic heterocycles. The number of nitriles is 1. The standard InChI is InChI=1S/C20H20N2O4/c1-13-4-5-14(2)18(10-13)25-12-19(23)26-15(3)20(24)22-17-8-6-16(11-21)7-9-17/h4-10,15H,12H2,1-3H3,(H,22,24)/t15-/m1/s1. The van der Waals surface area contributed by atoms with E-state index in [2.05, 4.69) is 5.32 Å². The Morgan fingerprint density at radius 3 is 2.50 bits per heavy atom. The van der Waals surface area contributed by atoms with E-state index in [1.54, 1.807) is 24.3 Å². The van der Waals surface area contributed by atoms with Gasteiger partial charge in [-0.1, -0.05) is 12.1 Å². The van der Waals surface area contributed by atoms with Crippen molar-refractivity contribution in [2.75, 3.05) is 11.9 Å². The average Bonchev–Trinajstić information content (AvgIpc) is 2.63. The first-order chi connectivity index (χ1) is 12.4. The average molecular weight is 352 g/mol. The van der Waals surface area contributed by atoms with Crippen molar-refractivity contribution in [2.24, 2.45) is 0 Å². The molecule has 1 atom stereocenters. The van der Waals surface area contributed by atoms with Gasteiger partial charge in [0.15, 0.2) is 12.7 Å². The van der Waals surface area contributed by atoms with Crippen molar-refractivity contribution in [1.29, 1.82) is 5.26 Å². The van der Waals surface area contributed by atoms with Crippen LogP contribution in [-0.4, -0.2) is 24.6 Å². The minimum atomic E-state index is -0.972. The Morgan fingerprint density at radius 1 is 1.15 bits per heavy atom. The summed E-state index contributed by atoms with van der Waals surface area (Å²) in [7, 11) is 0. The molecule has 134 valence electrons. The third kappa shape index (κ3) is 5.35. The van der Waals surface area contributed by atoms with Crippen molar-refractivity contribution in [2.45, 2.75) is 26.9 Å². The predicted octanol–water partition coefficient (Wildman–Crippen LogP) is 3.12. The topological polar surface area (TPSA) is 88.4 Å². The number of benzene rings is 2. The molecule has 0 saturated heterocycles. The number of nitrogens with one attached hydrogen (secondary N) is 1. The smallest absolute Gasteiger partial charge is 0.344 e. The lowest BCUT2D eigenvalue weighted by Gasteiger charge is -2.14. The molecular weight excluding hydrogens is 332 g/mol. The van der Waals surface area contributed by atoms with Crippen LogP contribution in [0.5, 0.6) is 5.75 Å². The van der Waals surface area contributed by atoms with Crippen molar-refractivity contribution in [1.82, 2.24) is 0 Å². The minimum Gasteiger partial charge on any atom is -0.482 e. The van der Waals surface area contributed by atoms with E-state index in [0.29, 0.717) is 17.0 Å². The molecular formula is C20H20N2O4. The number of carbonyl (C=O) groups is 2. The summed E-state index contributed by atoms with van der Waals surface area (Å²) in [6.45, 7) is 5.02. The summed E-state index contributed by atoms with van der Waals surface area (Å²) in [6, 6.07) is 14.1. The Bertz CT molecular complexity index is 838. The molecule has 26 heavy (non-hydrogen) atoms. The summed E-state index contributed by atoms with van der Waals surface area (Å²) in [6.07, 6.45) is -0.972. The van der Waals surface area contributed by atoms with E-state index >= 15 is 0 Å². The minimum absolute atomic E-state index is 0.279. The molecule has 2 aromatic rings. The largest absolute Gasteiger partial charge is 0.482 e. The summed E-state index contributed by atoms with van der Waals surface area (Å²) in [4.78, 5) is 24.0. The van der Waals surface area contributed by atoms with Gasteiger partial charge in [0.05, 0.1) is 11.6 Å². The first-order valence-corrected chi connectivity index (χ1v) is 8.09. The van der Waals surface area contributed by atoms with Gasteiger partial charge in [0, 0.05) is 5.69 Å². The summed E-state index contributed by atoms with van der Waals surface area (Å²) < 4.78 is 10.6. The van der Waals surface area contributed by atoms with Gasteiger partial charge in [-0.15, -0.1) is 0 Å². The second-order valence-electron chi connectivity index (χ2n) is 5.87. The van der Waals surface area contributed by atoms with Crippen LogP contribution in [0.15, 0.2) is 42.5 Å². The van der Waals surface area contributed by atoms with Gasteiger partial charge in [0.1, 0.15) is 5.75 Å². The maximum atomic E-state index is 12.1. The third-order valence-corrected chi connectivity index (χ3v) is 3.65. The van der Waals surface area contributed by atoms with Crippen LogP contribution in [-0.2, 0) is 14.3 Å². The second-order valence-corrected chi connectivity index (χ2v) is 5.87. The molecule has 0 fully saturated rings. The highest BCUT2D eigenvalue weighted by Gasteiger charge is 2.18. The Labute approximate surface area is 152 Å². The molecule has 2 aromatic carbocycles. The van der Waals surface area contributed by atoms with Crippen molar-refractivity contribution in [3.05, 3.63) is 59.2 Å². The monoisotopic (exact) mass is 352 g/mol. The van der Waals surface area contributed by atoms with Crippen LogP contribution in [0.3, 0.4) is 0 Å². The van der Waals surface area contributed by atoms with Crippen LogP contribution in [0.25, 0.3) is 0 Å². The van der Waals surface area contributed by atoms with Crippen LogP contribution in [0.4, 0.5) is 5.69 Å². The van der Waals surface area contributed by atoms with E-state index < -0.39 is 18.0 Å². The fourth-order valence-corrected chi connectivity index (χ4v) is 2.16. The van der Waals surface area contributed by atoms with E-state index in [-0.39, 0.29) is 6.61 Å². The molecule has 0 radical (unpaired) electrons. The second kappa shape index (κ2) is 8.67. The predicted molar refractivity (Wildman–Crippen MR) is 96.8 cm³/mol. The molecule has 0 unspecified atom stereocenters. The zero-order valence-corrected chi connectivity index (χ0v) is 14.9. The SMILES string of the molecule is Cc1ccc(C)c(OCC(=O)O[C@H](C)C(=O)Nc2ccc(C#N)cc2)c1. The van der Waals surface area contributed by atoms with E-state index in [0.717, 1.165) is 11.1 Å². The molecule has 0 spiro atoms. The van der Waals surface area contributed by atoms with Crippen LogP contribution < -0.4 is 10.1 Å². The molecule has 0 saturated carbocycles. The number of amides is 1. The quantitative estimate of drug-likeness (QED) is 0.807. The fraction of sp³-hybridized carbons (Fsp3) is 0.250. The number of nitrogens with zero attached hydrogens (tertiary/aromatic N) is 1. The highest BCUT2D eigenvalue weighted by atomic mass is 16.6. The highest BCUT2D eigenvalue weighted by Crippen LogP contribution is 2.19. The number of hydrogen-bond acceptors (Lipinski definition) is 5. The highest BCUT2D eigenvalue weighted by molar-refractivity contribution is 5.95. The molecule has 1 N–H and O–H groups in total. The number of esters is 1. The van der Waals surface area contributed by atoms with E-state index in [4.69, 9.17) is 14.7 Å². The first-order valence-electron chi connectivity index (χ1n) is 8.09. The van der Waals surface area contributed by atoms with Crippen molar-refractivity contribution in [3.8, 4) is 11.8 Å². The summed E-state index contributed by atoms with van der Waals surface area (Å²) >= 11 is 0. The van der Waals surface area contributed by atoms with Gasteiger partial charge in [0.2, 0.25) is 0 Å². The van der Waals surface area contributed by atoms with Gasteiger partial charge in [-0.05, 0) is 62.2 Å². The molecule has 2 rings (SSSR count). The number of rotatable bonds is 6. The zero-order valence-electron chi connectivity index (χ0n) is 14.9. The lowest BCUT2D eigenvalue weighted by atomic mass is 10.1. The van der Waals surface area contributed by atoms with Gasteiger partial charge >= 0.3 is 5.97 Å². The zero-order chi connectivity index (χ0) is 19.1. The van der Waals surface area contributed by atoms with Crippen molar-refractivity contribution in [3.63, 3.8) is 0 Å². The number of aryl methyl sites for hydroxylation is 2. The molecule has 1 amide bonds. The number of anilines is 1. The summed E-state index contributed by atoms with van der Waals surface area (Å²) in [5.74, 6) is -0.486. The Hall–Kier alpha value is -3.33. The van der Waals surface area contributed by atoms with Crippen LogP contribution >= 0.6 is 0 Å². The van der Waals surface area contributed by atoms with Gasteiger partial charge in [0.25, 0.3) is 5.91 Å². The van der Waals surface area contributed by atoms with Gasteiger partial charge in [-0.25, -0.2) is 4.79 Å². The Balaban J connectivity index is 1.84. The Morgan fingerprint density at radius 2 is 1.85 bits per heavy atom. The van der Waals surface area contributed by atoms with Gasteiger partial charge < -0.3 is 14.8 Å². The van der Waals surface area contributed by atoms with Crippen molar-refractivity contribution < 1.29 is 19.1 Å². The van der Waals surface area contributed by atoms with Gasteiger partial charge in [-0.3, -0.25) is 4.79 Å². The normalized spacial score (nSPS) is 11.2. The summed E-state index contributed by atoms with van der Waals surface area (Å²) in [5.41, 5.74) is 2.94. The molecule has 0 aliphatic heterocycles. The lowest BCUT2D eigenvalue weighted by molar-refractivity contribution is -0.155. The molecule has 6 heteroatoms. The van der Waals surface area contributed by atoms with E-state index in [9.17, 15) is 9.59 Å².